The summed E-state index contributed by atoms with van der Waals surface area (Å²) in [6.07, 6.45) is 0. The second kappa shape index (κ2) is 9.72. The van der Waals surface area contributed by atoms with Gasteiger partial charge in [-0.25, -0.2) is 4.39 Å². The van der Waals surface area contributed by atoms with Gasteiger partial charge in [-0.2, -0.15) is 5.26 Å². The number of nitriles is 1. The van der Waals surface area contributed by atoms with Gasteiger partial charge in [-0.15, -0.1) is 0 Å². The largest absolute Gasteiger partial charge is 0.507 e. The van der Waals surface area contributed by atoms with Crippen molar-refractivity contribution in [1.82, 2.24) is 0 Å². The molecule has 1 N–H and O–H groups in total. The van der Waals surface area contributed by atoms with Gasteiger partial charge < -0.3 is 14.6 Å². The number of rotatable bonds is 5. The highest BCUT2D eigenvalue weighted by Crippen LogP contribution is 2.43. The fourth-order valence-corrected chi connectivity index (χ4v) is 4.01. The first-order chi connectivity index (χ1) is 17.2. The van der Waals surface area contributed by atoms with Crippen LogP contribution in [0.4, 0.5) is 10.1 Å². The van der Waals surface area contributed by atoms with Gasteiger partial charge in [-0.05, 0) is 60.2 Å². The molecule has 1 saturated heterocycles. The molecule has 0 spiro atoms. The molecule has 0 radical (unpaired) electrons. The van der Waals surface area contributed by atoms with Gasteiger partial charge in [-0.1, -0.05) is 12.1 Å². The second-order valence-corrected chi connectivity index (χ2v) is 7.84. The first kappa shape index (κ1) is 24.2. The maximum absolute atomic E-state index is 14.1. The topological polar surface area (TPSA) is 117 Å². The van der Waals surface area contributed by atoms with E-state index in [0.29, 0.717) is 16.8 Å². The fourth-order valence-electron chi connectivity index (χ4n) is 4.01. The molecule has 0 aliphatic carbocycles. The van der Waals surface area contributed by atoms with Crippen LogP contribution in [0.2, 0.25) is 0 Å². The van der Waals surface area contributed by atoms with Crippen LogP contribution in [0.3, 0.4) is 0 Å². The molecule has 0 saturated carbocycles. The molecule has 4 rings (SSSR count). The van der Waals surface area contributed by atoms with Gasteiger partial charge >= 0.3 is 5.97 Å². The number of ketones is 1. The number of halogens is 1. The molecular formula is C27H19FN2O6. The van der Waals surface area contributed by atoms with Gasteiger partial charge in [-0.3, -0.25) is 19.3 Å². The monoisotopic (exact) mass is 486 g/mol. The van der Waals surface area contributed by atoms with E-state index in [4.69, 9.17) is 14.7 Å². The Kier molecular flexibility index (Phi) is 6.52. The molecule has 1 fully saturated rings. The lowest BCUT2D eigenvalue weighted by molar-refractivity contribution is -0.132. The van der Waals surface area contributed by atoms with Crippen LogP contribution in [-0.2, 0) is 14.4 Å². The number of aliphatic hydroxyl groups is 1. The minimum atomic E-state index is -1.11. The number of esters is 1. The third-order valence-electron chi connectivity index (χ3n) is 5.59. The van der Waals surface area contributed by atoms with E-state index in [-0.39, 0.29) is 22.6 Å². The number of hydrogen-bond acceptors (Lipinski definition) is 7. The molecule has 1 unspecified atom stereocenters. The zero-order valence-corrected chi connectivity index (χ0v) is 19.2. The van der Waals surface area contributed by atoms with Crippen molar-refractivity contribution >= 4 is 29.1 Å². The lowest BCUT2D eigenvalue weighted by Gasteiger charge is -2.25. The van der Waals surface area contributed by atoms with Crippen molar-refractivity contribution in [3.8, 4) is 17.6 Å². The van der Waals surface area contributed by atoms with E-state index < -0.39 is 35.3 Å². The third-order valence-corrected chi connectivity index (χ3v) is 5.59. The molecule has 3 aromatic rings. The third kappa shape index (κ3) is 4.40. The number of amides is 1. The van der Waals surface area contributed by atoms with E-state index in [9.17, 15) is 23.9 Å². The van der Waals surface area contributed by atoms with Gasteiger partial charge in [0.1, 0.15) is 23.1 Å². The lowest BCUT2D eigenvalue weighted by Crippen LogP contribution is -2.29. The van der Waals surface area contributed by atoms with E-state index in [1.54, 1.807) is 12.1 Å². The van der Waals surface area contributed by atoms with Crippen LogP contribution in [0.5, 0.6) is 11.5 Å². The molecule has 1 aliphatic heterocycles. The van der Waals surface area contributed by atoms with Gasteiger partial charge in [0.25, 0.3) is 11.7 Å². The summed E-state index contributed by atoms with van der Waals surface area (Å²) < 4.78 is 24.4. The summed E-state index contributed by atoms with van der Waals surface area (Å²) in [5.74, 6) is -3.39. The Morgan fingerprint density at radius 1 is 1.06 bits per heavy atom. The Hall–Kier alpha value is -4.97. The summed E-state index contributed by atoms with van der Waals surface area (Å²) in [5.41, 5.74) is 0.675. The molecule has 1 aliphatic rings. The second-order valence-electron chi connectivity index (χ2n) is 7.84. The number of ether oxygens (including phenoxy) is 2. The standard InChI is InChI=1S/C27H19FN2O6/c1-15(31)36-20-10-5-17(6-11-20)24-23(25(32)21-13-18(28)7-12-22(21)35-2)26(33)27(34)30(24)19-8-3-16(14-29)4-9-19/h3-13,24,32H,1-2H3/b25-23+. The normalized spacial score (nSPS) is 16.5. The van der Waals surface area contributed by atoms with E-state index in [1.165, 1.54) is 61.4 Å². The lowest BCUT2D eigenvalue weighted by atomic mass is 9.94. The SMILES string of the molecule is COc1ccc(F)cc1/C(O)=C1\C(=O)C(=O)N(c2ccc(C#N)cc2)C1c1ccc(OC(C)=O)cc1. The maximum atomic E-state index is 14.1. The molecule has 1 atom stereocenters. The molecule has 8 nitrogen and oxygen atoms in total. The minimum absolute atomic E-state index is 0.0995. The van der Waals surface area contributed by atoms with Crippen LogP contribution in [0.15, 0.2) is 72.3 Å². The maximum Gasteiger partial charge on any atom is 0.308 e. The summed E-state index contributed by atoms with van der Waals surface area (Å²) in [6, 6.07) is 16.4. The number of methoxy groups -OCH3 is 1. The van der Waals surface area contributed by atoms with E-state index in [0.717, 1.165) is 12.1 Å². The quantitative estimate of drug-likeness (QED) is 0.188. The van der Waals surface area contributed by atoms with E-state index in [2.05, 4.69) is 0 Å². The van der Waals surface area contributed by atoms with E-state index in [1.807, 2.05) is 6.07 Å². The molecule has 180 valence electrons. The first-order valence-electron chi connectivity index (χ1n) is 10.7. The van der Waals surface area contributed by atoms with Crippen molar-refractivity contribution in [3.05, 3.63) is 94.8 Å². The minimum Gasteiger partial charge on any atom is -0.507 e. The Morgan fingerprint density at radius 2 is 1.72 bits per heavy atom. The van der Waals surface area contributed by atoms with Gasteiger partial charge in [0.2, 0.25) is 0 Å². The Morgan fingerprint density at radius 3 is 2.31 bits per heavy atom. The number of benzene rings is 3. The highest BCUT2D eigenvalue weighted by Gasteiger charge is 2.47. The molecule has 3 aromatic carbocycles. The van der Waals surface area contributed by atoms with Crippen molar-refractivity contribution in [2.24, 2.45) is 0 Å². The fraction of sp³-hybridized carbons (Fsp3) is 0.111. The van der Waals surface area contributed by atoms with Crippen molar-refractivity contribution in [3.63, 3.8) is 0 Å². The van der Waals surface area contributed by atoms with Crippen LogP contribution in [0.1, 0.15) is 29.7 Å². The van der Waals surface area contributed by atoms with Crippen LogP contribution >= 0.6 is 0 Å². The first-order valence-corrected chi connectivity index (χ1v) is 10.7. The molecule has 1 amide bonds. The number of carbonyl (C=O) groups excluding carboxylic acids is 3. The number of nitrogens with zero attached hydrogens (tertiary/aromatic N) is 2. The summed E-state index contributed by atoms with van der Waals surface area (Å²) in [4.78, 5) is 38.9. The van der Waals surface area contributed by atoms with Crippen LogP contribution in [-0.4, -0.2) is 29.9 Å². The Bertz CT molecular complexity index is 1440. The Balaban J connectivity index is 1.94. The van der Waals surface area contributed by atoms with Crippen LogP contribution in [0, 0.1) is 17.1 Å². The summed E-state index contributed by atoms with van der Waals surface area (Å²) >= 11 is 0. The van der Waals surface area contributed by atoms with Crippen LogP contribution < -0.4 is 14.4 Å². The summed E-state index contributed by atoms with van der Waals surface area (Å²) in [6.45, 7) is 1.25. The summed E-state index contributed by atoms with van der Waals surface area (Å²) in [7, 11) is 1.32. The number of hydrogen-bond donors (Lipinski definition) is 1. The summed E-state index contributed by atoms with van der Waals surface area (Å²) in [5, 5.41) is 20.3. The molecule has 1 heterocycles. The number of Topliss-reactive ketones (excluding diaryl/α,β-unsaturated/α-hetero) is 1. The predicted molar refractivity (Wildman–Crippen MR) is 127 cm³/mol. The highest BCUT2D eigenvalue weighted by molar-refractivity contribution is 6.51. The Labute approximate surface area is 205 Å². The van der Waals surface area contributed by atoms with Gasteiger partial charge in [0.15, 0.2) is 0 Å². The van der Waals surface area contributed by atoms with Gasteiger partial charge in [0.05, 0.1) is 35.9 Å². The van der Waals surface area contributed by atoms with Crippen molar-refractivity contribution in [2.75, 3.05) is 12.0 Å². The van der Waals surface area contributed by atoms with Crippen molar-refractivity contribution in [1.29, 1.82) is 5.26 Å². The molecule has 0 aromatic heterocycles. The van der Waals surface area contributed by atoms with Crippen molar-refractivity contribution in [2.45, 2.75) is 13.0 Å². The number of aliphatic hydroxyl groups excluding tert-OH is 1. The molecular weight excluding hydrogens is 467 g/mol. The average Bonchev–Trinajstić information content (AvgIpc) is 3.14. The van der Waals surface area contributed by atoms with Gasteiger partial charge in [0, 0.05) is 12.6 Å². The van der Waals surface area contributed by atoms with Crippen LogP contribution in [0.25, 0.3) is 5.76 Å². The molecule has 36 heavy (non-hydrogen) atoms. The predicted octanol–water partition coefficient (Wildman–Crippen LogP) is 4.26. The van der Waals surface area contributed by atoms with E-state index >= 15 is 0 Å². The zero-order chi connectivity index (χ0) is 26.0. The zero-order valence-electron chi connectivity index (χ0n) is 19.2. The number of anilines is 1. The molecule has 9 heteroatoms. The smallest absolute Gasteiger partial charge is 0.308 e. The van der Waals surface area contributed by atoms with Crippen molar-refractivity contribution < 1.29 is 33.4 Å². The average molecular weight is 486 g/mol. The number of carbonyl (C=O) groups is 3. The highest BCUT2D eigenvalue weighted by atomic mass is 19.1. The molecule has 0 bridgehead atoms.